The summed E-state index contributed by atoms with van der Waals surface area (Å²) in [5, 5.41) is 0. The number of halogens is 1. The molecule has 5 heteroatoms. The Hall–Kier alpha value is -0.810. The Morgan fingerprint density at radius 1 is 1.40 bits per heavy atom. The van der Waals surface area contributed by atoms with Gasteiger partial charge in [-0.15, -0.1) is 0 Å². The normalized spacial score (nSPS) is 16.5. The number of nitrogens with zero attached hydrogens (tertiary/aromatic N) is 2. The molecule has 0 aliphatic carbocycles. The van der Waals surface area contributed by atoms with E-state index >= 15 is 0 Å². The molecule has 0 aromatic carbocycles. The van der Waals surface area contributed by atoms with Crippen LogP contribution in [-0.4, -0.2) is 38.4 Å². The molecule has 82 valence electrons. The second kappa shape index (κ2) is 4.81. The maximum atomic E-state index is 5.29. The van der Waals surface area contributed by atoms with Crippen molar-refractivity contribution in [1.82, 2.24) is 4.98 Å². The smallest absolute Gasteiger partial charge is 0.229 e. The van der Waals surface area contributed by atoms with Crippen LogP contribution in [0.15, 0.2) is 16.6 Å². The van der Waals surface area contributed by atoms with Crippen LogP contribution in [0.1, 0.15) is 0 Å². The third-order valence-corrected chi connectivity index (χ3v) is 2.93. The van der Waals surface area contributed by atoms with E-state index < -0.39 is 0 Å². The lowest BCUT2D eigenvalue weighted by molar-refractivity contribution is 0.122. The van der Waals surface area contributed by atoms with Crippen LogP contribution in [-0.2, 0) is 4.74 Å². The number of ether oxygens (including phenoxy) is 2. The molecule has 2 heterocycles. The molecule has 1 saturated heterocycles. The minimum absolute atomic E-state index is 0.624. The largest absolute Gasteiger partial charge is 0.480 e. The summed E-state index contributed by atoms with van der Waals surface area (Å²) in [7, 11) is 1.62. The van der Waals surface area contributed by atoms with Gasteiger partial charge in [-0.2, -0.15) is 4.98 Å². The molecular weight excluding hydrogens is 260 g/mol. The van der Waals surface area contributed by atoms with Gasteiger partial charge in [0.2, 0.25) is 5.88 Å². The Morgan fingerprint density at radius 2 is 2.13 bits per heavy atom. The summed E-state index contributed by atoms with van der Waals surface area (Å²) >= 11 is 3.38. The minimum Gasteiger partial charge on any atom is -0.480 e. The van der Waals surface area contributed by atoms with Crippen LogP contribution in [0.2, 0.25) is 0 Å². The molecule has 1 aromatic heterocycles. The summed E-state index contributed by atoms with van der Waals surface area (Å²) in [5.74, 6) is 1.57. The maximum Gasteiger partial charge on any atom is 0.229 e. The third-order valence-electron chi connectivity index (χ3n) is 2.33. The highest BCUT2D eigenvalue weighted by Gasteiger charge is 2.13. The van der Waals surface area contributed by atoms with Gasteiger partial charge in [0.15, 0.2) is 0 Å². The molecular formula is C10H13BrN2O2. The van der Waals surface area contributed by atoms with Crippen LogP contribution in [0, 0.1) is 0 Å². The molecule has 0 unspecified atom stereocenters. The molecule has 2 rings (SSSR count). The van der Waals surface area contributed by atoms with Crippen molar-refractivity contribution in [3.8, 4) is 5.88 Å². The summed E-state index contributed by atoms with van der Waals surface area (Å²) < 4.78 is 11.3. The number of morpholine rings is 1. The predicted octanol–water partition coefficient (Wildman–Crippen LogP) is 1.69. The molecule has 0 amide bonds. The topological polar surface area (TPSA) is 34.6 Å². The highest BCUT2D eigenvalue weighted by atomic mass is 79.9. The zero-order chi connectivity index (χ0) is 10.7. The molecule has 0 bridgehead atoms. The van der Waals surface area contributed by atoms with Gasteiger partial charge >= 0.3 is 0 Å². The van der Waals surface area contributed by atoms with E-state index in [0.29, 0.717) is 5.88 Å². The first-order chi connectivity index (χ1) is 7.31. The van der Waals surface area contributed by atoms with Gasteiger partial charge in [0.25, 0.3) is 0 Å². The number of rotatable bonds is 2. The Kier molecular flexibility index (Phi) is 3.43. The maximum absolute atomic E-state index is 5.29. The zero-order valence-corrected chi connectivity index (χ0v) is 10.2. The predicted molar refractivity (Wildman–Crippen MR) is 61.5 cm³/mol. The molecule has 0 N–H and O–H groups in total. The summed E-state index contributed by atoms with van der Waals surface area (Å²) in [5.41, 5.74) is 0. The number of methoxy groups -OCH3 is 1. The SMILES string of the molecule is COc1nc(N2CCOCC2)ccc1Br. The molecule has 1 aliphatic heterocycles. The van der Waals surface area contributed by atoms with E-state index in [1.807, 2.05) is 12.1 Å². The Labute approximate surface area is 97.3 Å². The molecule has 1 aromatic rings. The summed E-state index contributed by atoms with van der Waals surface area (Å²) in [6, 6.07) is 3.94. The van der Waals surface area contributed by atoms with E-state index in [-0.39, 0.29) is 0 Å². The van der Waals surface area contributed by atoms with E-state index in [1.165, 1.54) is 0 Å². The van der Waals surface area contributed by atoms with Crippen molar-refractivity contribution < 1.29 is 9.47 Å². The van der Waals surface area contributed by atoms with Gasteiger partial charge in [0.1, 0.15) is 5.82 Å². The molecule has 15 heavy (non-hydrogen) atoms. The lowest BCUT2D eigenvalue weighted by Crippen LogP contribution is -2.36. The second-order valence-electron chi connectivity index (χ2n) is 3.26. The quantitative estimate of drug-likeness (QED) is 0.821. The first-order valence-electron chi connectivity index (χ1n) is 4.84. The number of anilines is 1. The van der Waals surface area contributed by atoms with Crippen LogP contribution in [0.4, 0.5) is 5.82 Å². The molecule has 1 aliphatic rings. The number of hydrogen-bond acceptors (Lipinski definition) is 4. The average Bonchev–Trinajstić information content (AvgIpc) is 2.31. The second-order valence-corrected chi connectivity index (χ2v) is 4.11. The van der Waals surface area contributed by atoms with E-state index in [9.17, 15) is 0 Å². The fourth-order valence-corrected chi connectivity index (χ4v) is 1.91. The number of pyridine rings is 1. The first kappa shape index (κ1) is 10.7. The van der Waals surface area contributed by atoms with E-state index in [0.717, 1.165) is 36.6 Å². The van der Waals surface area contributed by atoms with Gasteiger partial charge in [0.05, 0.1) is 24.8 Å². The highest BCUT2D eigenvalue weighted by Crippen LogP contribution is 2.25. The summed E-state index contributed by atoms with van der Waals surface area (Å²) in [6.07, 6.45) is 0. The fourth-order valence-electron chi connectivity index (χ4n) is 1.53. The lowest BCUT2D eigenvalue weighted by Gasteiger charge is -2.27. The van der Waals surface area contributed by atoms with Crippen LogP contribution >= 0.6 is 15.9 Å². The Morgan fingerprint density at radius 3 is 2.80 bits per heavy atom. The fraction of sp³-hybridized carbons (Fsp3) is 0.500. The van der Waals surface area contributed by atoms with E-state index in [2.05, 4.69) is 25.8 Å². The molecule has 0 radical (unpaired) electrons. The van der Waals surface area contributed by atoms with E-state index in [4.69, 9.17) is 9.47 Å². The van der Waals surface area contributed by atoms with Crippen molar-refractivity contribution in [2.24, 2.45) is 0 Å². The van der Waals surface area contributed by atoms with Crippen LogP contribution in [0.5, 0.6) is 5.88 Å². The van der Waals surface area contributed by atoms with Gasteiger partial charge < -0.3 is 14.4 Å². The monoisotopic (exact) mass is 272 g/mol. The van der Waals surface area contributed by atoms with Gasteiger partial charge in [-0.25, -0.2) is 0 Å². The average molecular weight is 273 g/mol. The van der Waals surface area contributed by atoms with Crippen LogP contribution in [0.3, 0.4) is 0 Å². The van der Waals surface area contributed by atoms with Crippen molar-refractivity contribution >= 4 is 21.7 Å². The van der Waals surface area contributed by atoms with E-state index in [1.54, 1.807) is 7.11 Å². The molecule has 4 nitrogen and oxygen atoms in total. The Bertz CT molecular complexity index is 340. The summed E-state index contributed by atoms with van der Waals surface area (Å²) in [4.78, 5) is 6.61. The molecule has 0 atom stereocenters. The lowest BCUT2D eigenvalue weighted by atomic mass is 10.3. The van der Waals surface area contributed by atoms with Crippen molar-refractivity contribution in [2.45, 2.75) is 0 Å². The van der Waals surface area contributed by atoms with Gasteiger partial charge in [0, 0.05) is 13.1 Å². The van der Waals surface area contributed by atoms with Gasteiger partial charge in [-0.3, -0.25) is 0 Å². The highest BCUT2D eigenvalue weighted by molar-refractivity contribution is 9.10. The van der Waals surface area contributed by atoms with Crippen molar-refractivity contribution in [1.29, 1.82) is 0 Å². The number of aromatic nitrogens is 1. The van der Waals surface area contributed by atoms with Crippen molar-refractivity contribution in [3.05, 3.63) is 16.6 Å². The minimum atomic E-state index is 0.624. The first-order valence-corrected chi connectivity index (χ1v) is 5.64. The van der Waals surface area contributed by atoms with Crippen LogP contribution in [0.25, 0.3) is 0 Å². The standard InChI is InChI=1S/C10H13BrN2O2/c1-14-10-8(11)2-3-9(12-10)13-4-6-15-7-5-13/h2-3H,4-7H2,1H3. The van der Waals surface area contributed by atoms with Gasteiger partial charge in [-0.05, 0) is 28.1 Å². The zero-order valence-electron chi connectivity index (χ0n) is 8.57. The van der Waals surface area contributed by atoms with Crippen LogP contribution < -0.4 is 9.64 Å². The number of hydrogen-bond donors (Lipinski definition) is 0. The third kappa shape index (κ3) is 2.41. The van der Waals surface area contributed by atoms with Gasteiger partial charge in [-0.1, -0.05) is 0 Å². The molecule has 0 spiro atoms. The van der Waals surface area contributed by atoms with Crippen molar-refractivity contribution in [3.63, 3.8) is 0 Å². The molecule has 0 saturated carbocycles. The Balaban J connectivity index is 2.20. The molecule has 1 fully saturated rings. The van der Waals surface area contributed by atoms with Crippen molar-refractivity contribution in [2.75, 3.05) is 38.3 Å². The summed E-state index contributed by atoms with van der Waals surface area (Å²) in [6.45, 7) is 3.30.